The summed E-state index contributed by atoms with van der Waals surface area (Å²) in [5.41, 5.74) is 11.0. The summed E-state index contributed by atoms with van der Waals surface area (Å²) in [4.78, 5) is 4.60. The highest BCUT2D eigenvalue weighted by atomic mass is 16.5. The molecule has 0 spiro atoms. The second-order valence-corrected chi connectivity index (χ2v) is 6.96. The minimum absolute atomic E-state index is 0.0155. The van der Waals surface area contributed by atoms with E-state index in [0.29, 0.717) is 23.0 Å². The first kappa shape index (κ1) is 17.3. The van der Waals surface area contributed by atoms with Gasteiger partial charge in [0, 0.05) is 17.2 Å². The van der Waals surface area contributed by atoms with Crippen molar-refractivity contribution in [2.75, 3.05) is 0 Å². The lowest BCUT2D eigenvalue weighted by Gasteiger charge is -2.12. The lowest BCUT2D eigenvalue weighted by Crippen LogP contribution is -2.06. The normalized spacial score (nSPS) is 15.6. The number of nitrogens with two attached hydrogens (primary N) is 1. The van der Waals surface area contributed by atoms with Crippen molar-refractivity contribution in [1.29, 1.82) is 0 Å². The largest absolute Gasteiger partial charge is 0.490 e. The molecule has 1 atom stereocenters. The van der Waals surface area contributed by atoms with E-state index in [1.165, 1.54) is 11.1 Å². The smallest absolute Gasteiger partial charge is 0.258 e. The van der Waals surface area contributed by atoms with Crippen LogP contribution >= 0.6 is 0 Å². The number of hydrogen-bond acceptors (Lipinski definition) is 5. The van der Waals surface area contributed by atoms with Gasteiger partial charge in [-0.25, -0.2) is 0 Å². The van der Waals surface area contributed by atoms with E-state index in [1.54, 1.807) is 0 Å². The molecular formula is C22H21N3O2. The third-order valence-corrected chi connectivity index (χ3v) is 4.73. The van der Waals surface area contributed by atoms with Gasteiger partial charge in [-0.1, -0.05) is 29.3 Å². The molecule has 1 heterocycles. The molecule has 2 N–H and O–H groups in total. The molecule has 1 aliphatic carbocycles. The van der Waals surface area contributed by atoms with Gasteiger partial charge in [0.1, 0.15) is 5.75 Å². The molecule has 5 nitrogen and oxygen atoms in total. The van der Waals surface area contributed by atoms with Crippen LogP contribution < -0.4 is 10.5 Å². The standard InChI is InChI=1S/C22H21N3O2/c1-4-14-8-9-15(12-20(14)26-13(2)3)22-24-21(25-27-22)18-7-5-6-17-16(18)10-11-19(17)23/h1,5-9,12-13,19H,10-11,23H2,2-3H3/t19-/m1/s1. The van der Waals surface area contributed by atoms with Gasteiger partial charge in [-0.05, 0) is 56.0 Å². The van der Waals surface area contributed by atoms with Crippen LogP contribution in [0.25, 0.3) is 22.8 Å². The van der Waals surface area contributed by atoms with Gasteiger partial charge < -0.3 is 15.0 Å². The Morgan fingerprint density at radius 1 is 1.30 bits per heavy atom. The Balaban J connectivity index is 1.71. The van der Waals surface area contributed by atoms with Crippen molar-refractivity contribution in [3.8, 4) is 40.9 Å². The number of fused-ring (bicyclic) bond motifs is 1. The monoisotopic (exact) mass is 359 g/mol. The van der Waals surface area contributed by atoms with Crippen LogP contribution in [-0.4, -0.2) is 16.2 Å². The summed E-state index contributed by atoms with van der Waals surface area (Å²) in [6.45, 7) is 3.91. The topological polar surface area (TPSA) is 74.2 Å². The predicted molar refractivity (Wildman–Crippen MR) is 104 cm³/mol. The van der Waals surface area contributed by atoms with E-state index in [4.69, 9.17) is 21.4 Å². The molecule has 5 heteroatoms. The van der Waals surface area contributed by atoms with Crippen molar-refractivity contribution in [2.45, 2.75) is 38.8 Å². The molecule has 0 unspecified atom stereocenters. The Morgan fingerprint density at radius 2 is 2.15 bits per heavy atom. The molecule has 136 valence electrons. The molecular weight excluding hydrogens is 338 g/mol. The second kappa shape index (κ2) is 6.90. The number of aromatic nitrogens is 2. The third-order valence-electron chi connectivity index (χ3n) is 4.73. The van der Waals surface area contributed by atoms with E-state index >= 15 is 0 Å². The quantitative estimate of drug-likeness (QED) is 0.709. The van der Waals surface area contributed by atoms with Gasteiger partial charge in [-0.3, -0.25) is 0 Å². The lowest BCUT2D eigenvalue weighted by atomic mass is 10.0. The van der Waals surface area contributed by atoms with E-state index in [9.17, 15) is 0 Å². The Bertz CT molecular complexity index is 1030. The van der Waals surface area contributed by atoms with Crippen molar-refractivity contribution in [3.05, 3.63) is 53.1 Å². The zero-order valence-electron chi connectivity index (χ0n) is 15.4. The summed E-state index contributed by atoms with van der Waals surface area (Å²) in [6, 6.07) is 11.7. The molecule has 1 aliphatic rings. The fraction of sp³-hybridized carbons (Fsp3) is 0.273. The van der Waals surface area contributed by atoms with Crippen molar-refractivity contribution in [2.24, 2.45) is 5.73 Å². The van der Waals surface area contributed by atoms with Crippen LogP contribution in [0.5, 0.6) is 5.75 Å². The molecule has 0 bridgehead atoms. The highest BCUT2D eigenvalue weighted by molar-refractivity contribution is 5.67. The van der Waals surface area contributed by atoms with Gasteiger partial charge in [0.05, 0.1) is 11.7 Å². The van der Waals surface area contributed by atoms with Crippen molar-refractivity contribution in [1.82, 2.24) is 10.1 Å². The summed E-state index contributed by atoms with van der Waals surface area (Å²) in [7, 11) is 0. The summed E-state index contributed by atoms with van der Waals surface area (Å²) in [5.74, 6) is 4.28. The molecule has 2 aromatic carbocycles. The highest BCUT2D eigenvalue weighted by Crippen LogP contribution is 2.36. The molecule has 1 aromatic heterocycles. The second-order valence-electron chi connectivity index (χ2n) is 6.96. The first-order valence-electron chi connectivity index (χ1n) is 9.06. The average molecular weight is 359 g/mol. The van der Waals surface area contributed by atoms with Crippen LogP contribution in [0.15, 0.2) is 40.9 Å². The first-order chi connectivity index (χ1) is 13.1. The van der Waals surface area contributed by atoms with Gasteiger partial charge in [-0.2, -0.15) is 4.98 Å². The number of rotatable bonds is 4. The SMILES string of the molecule is C#Cc1ccc(-c2nc(-c3cccc4c3CC[C@H]4N)no2)cc1OC(C)C. The maximum atomic E-state index is 6.18. The van der Waals surface area contributed by atoms with Crippen LogP contribution in [0, 0.1) is 12.3 Å². The average Bonchev–Trinajstić information content (AvgIpc) is 3.29. The van der Waals surface area contributed by atoms with Crippen LogP contribution in [0.1, 0.15) is 43.0 Å². The Hall–Kier alpha value is -3.10. The number of terminal acetylenes is 1. The Kier molecular flexibility index (Phi) is 4.43. The van der Waals surface area contributed by atoms with Crippen LogP contribution in [0.3, 0.4) is 0 Å². The maximum Gasteiger partial charge on any atom is 0.258 e. The van der Waals surface area contributed by atoms with Gasteiger partial charge in [-0.15, -0.1) is 6.42 Å². The maximum absolute atomic E-state index is 6.18. The Morgan fingerprint density at radius 3 is 2.93 bits per heavy atom. The van der Waals surface area contributed by atoms with E-state index < -0.39 is 0 Å². The van der Waals surface area contributed by atoms with Crippen molar-refractivity contribution >= 4 is 0 Å². The zero-order valence-corrected chi connectivity index (χ0v) is 15.4. The predicted octanol–water partition coefficient (Wildman–Crippen LogP) is 4.12. The summed E-state index contributed by atoms with van der Waals surface area (Å²) >= 11 is 0. The third kappa shape index (κ3) is 3.20. The lowest BCUT2D eigenvalue weighted by molar-refractivity contribution is 0.242. The fourth-order valence-electron chi connectivity index (χ4n) is 3.47. The number of benzene rings is 2. The van der Waals surface area contributed by atoms with Gasteiger partial charge in [0.15, 0.2) is 0 Å². The molecule has 0 amide bonds. The molecule has 0 aliphatic heterocycles. The number of hydrogen-bond donors (Lipinski definition) is 1. The Labute approximate surface area is 158 Å². The summed E-state index contributed by atoms with van der Waals surface area (Å²) in [5, 5.41) is 4.19. The van der Waals surface area contributed by atoms with Gasteiger partial charge >= 0.3 is 0 Å². The summed E-state index contributed by atoms with van der Waals surface area (Å²) < 4.78 is 11.3. The molecule has 4 rings (SSSR count). The molecule has 27 heavy (non-hydrogen) atoms. The summed E-state index contributed by atoms with van der Waals surface area (Å²) in [6.07, 6.45) is 7.46. The van der Waals surface area contributed by atoms with Crippen LogP contribution in [-0.2, 0) is 6.42 Å². The zero-order chi connectivity index (χ0) is 19.0. The van der Waals surface area contributed by atoms with Crippen LogP contribution in [0.2, 0.25) is 0 Å². The van der Waals surface area contributed by atoms with E-state index in [-0.39, 0.29) is 12.1 Å². The van der Waals surface area contributed by atoms with Crippen molar-refractivity contribution < 1.29 is 9.26 Å². The molecule has 0 radical (unpaired) electrons. The molecule has 0 saturated carbocycles. The molecule has 0 saturated heterocycles. The molecule has 0 fully saturated rings. The minimum atomic E-state index is 0.0155. The number of ether oxygens (including phenoxy) is 1. The van der Waals surface area contributed by atoms with E-state index in [1.807, 2.05) is 44.2 Å². The van der Waals surface area contributed by atoms with E-state index in [0.717, 1.165) is 24.0 Å². The fourth-order valence-corrected chi connectivity index (χ4v) is 3.47. The van der Waals surface area contributed by atoms with E-state index in [2.05, 4.69) is 22.1 Å². The number of nitrogens with zero attached hydrogens (tertiary/aromatic N) is 2. The minimum Gasteiger partial charge on any atom is -0.490 e. The molecule has 3 aromatic rings. The van der Waals surface area contributed by atoms with Gasteiger partial charge in [0.2, 0.25) is 5.82 Å². The van der Waals surface area contributed by atoms with Crippen LogP contribution in [0.4, 0.5) is 0 Å². The highest BCUT2D eigenvalue weighted by Gasteiger charge is 2.24. The van der Waals surface area contributed by atoms with Gasteiger partial charge in [0.25, 0.3) is 5.89 Å². The van der Waals surface area contributed by atoms with Crippen molar-refractivity contribution in [3.63, 3.8) is 0 Å². The first-order valence-corrected chi connectivity index (χ1v) is 9.06.